The highest BCUT2D eigenvalue weighted by molar-refractivity contribution is 5.97. The SMILES string of the molecule is COC1(OC)N=C(N)[C@@]2(C#N)C[C@]12C#N. The highest BCUT2D eigenvalue weighted by atomic mass is 16.7. The van der Waals surface area contributed by atoms with Gasteiger partial charge in [0.15, 0.2) is 5.41 Å². The van der Waals surface area contributed by atoms with Crippen LogP contribution < -0.4 is 5.73 Å². The van der Waals surface area contributed by atoms with E-state index in [1.807, 2.05) is 6.07 Å². The first kappa shape index (κ1) is 9.91. The molecule has 6 heteroatoms. The van der Waals surface area contributed by atoms with Crippen LogP contribution in [0.5, 0.6) is 0 Å². The Morgan fingerprint density at radius 3 is 2.27 bits per heavy atom. The normalized spacial score (nSPS) is 39.9. The number of nitriles is 2. The first-order valence-corrected chi connectivity index (χ1v) is 4.36. The fourth-order valence-electron chi connectivity index (χ4n) is 2.31. The van der Waals surface area contributed by atoms with Crippen molar-refractivity contribution < 1.29 is 9.47 Å². The minimum atomic E-state index is -1.43. The van der Waals surface area contributed by atoms with Crippen molar-refractivity contribution in [2.45, 2.75) is 12.3 Å². The zero-order valence-electron chi connectivity index (χ0n) is 8.44. The molecule has 0 spiro atoms. The van der Waals surface area contributed by atoms with Crippen LogP contribution >= 0.6 is 0 Å². The first-order chi connectivity index (χ1) is 7.08. The summed E-state index contributed by atoms with van der Waals surface area (Å²) in [6.07, 6.45) is 0.310. The summed E-state index contributed by atoms with van der Waals surface area (Å²) < 4.78 is 10.3. The van der Waals surface area contributed by atoms with Crippen molar-refractivity contribution in [3.8, 4) is 12.1 Å². The van der Waals surface area contributed by atoms with E-state index >= 15 is 0 Å². The molecule has 2 aliphatic rings. The lowest BCUT2D eigenvalue weighted by atomic mass is 9.94. The van der Waals surface area contributed by atoms with Gasteiger partial charge in [0.05, 0.1) is 12.1 Å². The number of amidine groups is 1. The number of rotatable bonds is 2. The van der Waals surface area contributed by atoms with Crippen molar-refractivity contribution in [2.24, 2.45) is 21.6 Å². The second kappa shape index (κ2) is 2.48. The maximum Gasteiger partial charge on any atom is 0.292 e. The van der Waals surface area contributed by atoms with Gasteiger partial charge in [-0.1, -0.05) is 0 Å². The lowest BCUT2D eigenvalue weighted by Gasteiger charge is -2.27. The molecule has 2 N–H and O–H groups in total. The number of hydrogen-bond acceptors (Lipinski definition) is 6. The summed E-state index contributed by atoms with van der Waals surface area (Å²) in [5.41, 5.74) is 3.54. The summed E-state index contributed by atoms with van der Waals surface area (Å²) >= 11 is 0. The van der Waals surface area contributed by atoms with E-state index in [1.165, 1.54) is 14.2 Å². The van der Waals surface area contributed by atoms with E-state index in [0.717, 1.165) is 0 Å². The Morgan fingerprint density at radius 2 is 1.93 bits per heavy atom. The molecule has 1 aliphatic heterocycles. The quantitative estimate of drug-likeness (QED) is 0.626. The van der Waals surface area contributed by atoms with E-state index in [4.69, 9.17) is 20.5 Å². The van der Waals surface area contributed by atoms with E-state index in [9.17, 15) is 5.26 Å². The van der Waals surface area contributed by atoms with Crippen LogP contribution in [0.15, 0.2) is 4.99 Å². The van der Waals surface area contributed by atoms with Gasteiger partial charge in [-0.2, -0.15) is 10.5 Å². The lowest BCUT2D eigenvalue weighted by molar-refractivity contribution is -0.229. The number of fused-ring (bicyclic) bond motifs is 1. The standard InChI is InChI=1S/C9H10N4O2/c1-14-9(15-2)8(5-11)3-7(8,4-10)6(12)13-9/h3H2,1-2H3,(H2,12,13)/t7-,8+/m0/s1. The number of nitrogens with two attached hydrogens (primary N) is 1. The molecule has 0 amide bonds. The fraction of sp³-hybridized carbons (Fsp3) is 0.667. The Balaban J connectivity index is 2.59. The largest absolute Gasteiger partial charge is 0.386 e. The molecule has 0 unspecified atom stereocenters. The summed E-state index contributed by atoms with van der Waals surface area (Å²) in [6, 6.07) is 4.10. The predicted molar refractivity (Wildman–Crippen MR) is 49.1 cm³/mol. The Morgan fingerprint density at radius 1 is 1.33 bits per heavy atom. The summed E-state index contributed by atoms with van der Waals surface area (Å²) in [6.45, 7) is 0. The number of aliphatic imine (C=N–C) groups is 1. The van der Waals surface area contributed by atoms with Gasteiger partial charge in [-0.05, 0) is 0 Å². The second-order valence-electron chi connectivity index (χ2n) is 3.70. The van der Waals surface area contributed by atoms with Crippen molar-refractivity contribution in [3.63, 3.8) is 0 Å². The molecule has 0 radical (unpaired) electrons. The van der Waals surface area contributed by atoms with E-state index < -0.39 is 16.7 Å². The summed E-state index contributed by atoms with van der Waals surface area (Å²) in [5.74, 6) is -1.31. The third kappa shape index (κ3) is 0.707. The molecule has 6 nitrogen and oxygen atoms in total. The number of hydrogen-bond donors (Lipinski definition) is 1. The Kier molecular flexibility index (Phi) is 1.64. The molecule has 0 aromatic rings. The van der Waals surface area contributed by atoms with Crippen molar-refractivity contribution in [1.29, 1.82) is 10.5 Å². The topological polar surface area (TPSA) is 104 Å². The van der Waals surface area contributed by atoms with Gasteiger partial charge in [0.25, 0.3) is 5.91 Å². The number of methoxy groups -OCH3 is 2. The van der Waals surface area contributed by atoms with Gasteiger partial charge >= 0.3 is 0 Å². The van der Waals surface area contributed by atoms with Crippen LogP contribution in [0.25, 0.3) is 0 Å². The Bertz CT molecular complexity index is 428. The van der Waals surface area contributed by atoms with Crippen molar-refractivity contribution in [3.05, 3.63) is 0 Å². The lowest BCUT2D eigenvalue weighted by Crippen LogP contribution is -2.40. The number of nitrogens with zero attached hydrogens (tertiary/aromatic N) is 3. The van der Waals surface area contributed by atoms with Crippen LogP contribution in [0.3, 0.4) is 0 Å². The Labute approximate surface area is 86.9 Å². The minimum absolute atomic E-state index is 0.121. The van der Waals surface area contributed by atoms with Gasteiger partial charge < -0.3 is 15.2 Å². The zero-order valence-corrected chi connectivity index (χ0v) is 8.44. The van der Waals surface area contributed by atoms with Gasteiger partial charge in [-0.15, -0.1) is 0 Å². The molecule has 0 aromatic heterocycles. The molecule has 0 saturated heterocycles. The smallest absolute Gasteiger partial charge is 0.292 e. The van der Waals surface area contributed by atoms with Gasteiger partial charge in [0.2, 0.25) is 0 Å². The van der Waals surface area contributed by atoms with Crippen molar-refractivity contribution >= 4 is 5.84 Å². The van der Waals surface area contributed by atoms with Gasteiger partial charge in [0.1, 0.15) is 11.3 Å². The van der Waals surface area contributed by atoms with Crippen LogP contribution in [-0.2, 0) is 9.47 Å². The molecule has 15 heavy (non-hydrogen) atoms. The van der Waals surface area contributed by atoms with Crippen molar-refractivity contribution in [2.75, 3.05) is 14.2 Å². The molecule has 1 aliphatic carbocycles. The molecule has 1 saturated carbocycles. The second-order valence-corrected chi connectivity index (χ2v) is 3.70. The highest BCUT2D eigenvalue weighted by Gasteiger charge is 2.86. The van der Waals surface area contributed by atoms with Crippen molar-refractivity contribution in [1.82, 2.24) is 0 Å². The maximum atomic E-state index is 9.19. The summed E-state index contributed by atoms with van der Waals surface area (Å²) in [5, 5.41) is 18.3. The van der Waals surface area contributed by atoms with Crippen LogP contribution in [0.1, 0.15) is 6.42 Å². The average molecular weight is 206 g/mol. The molecule has 1 heterocycles. The third-order valence-electron chi connectivity index (χ3n) is 3.31. The fourth-order valence-corrected chi connectivity index (χ4v) is 2.31. The summed E-state index contributed by atoms with van der Waals surface area (Å²) in [4.78, 5) is 3.98. The molecule has 2 atom stereocenters. The van der Waals surface area contributed by atoms with Gasteiger partial charge in [-0.3, -0.25) is 0 Å². The van der Waals surface area contributed by atoms with Crippen LogP contribution in [0, 0.1) is 33.5 Å². The minimum Gasteiger partial charge on any atom is -0.386 e. The highest BCUT2D eigenvalue weighted by Crippen LogP contribution is 2.73. The maximum absolute atomic E-state index is 9.19. The monoisotopic (exact) mass is 206 g/mol. The molecule has 0 bridgehead atoms. The van der Waals surface area contributed by atoms with E-state index in [2.05, 4.69) is 11.1 Å². The molecular weight excluding hydrogens is 196 g/mol. The predicted octanol–water partition coefficient (Wildman–Crippen LogP) is -0.273. The van der Waals surface area contributed by atoms with Crippen LogP contribution in [-0.4, -0.2) is 26.0 Å². The van der Waals surface area contributed by atoms with Crippen LogP contribution in [0.4, 0.5) is 0 Å². The van der Waals surface area contributed by atoms with Gasteiger partial charge in [-0.25, -0.2) is 4.99 Å². The van der Waals surface area contributed by atoms with Gasteiger partial charge in [0, 0.05) is 20.6 Å². The molecular formula is C9H10N4O2. The summed E-state index contributed by atoms with van der Waals surface area (Å²) in [7, 11) is 2.76. The zero-order chi connectivity index (χ0) is 11.3. The van der Waals surface area contributed by atoms with E-state index in [0.29, 0.717) is 6.42 Å². The Hall–Kier alpha value is -1.63. The molecule has 0 aromatic carbocycles. The number of ether oxygens (including phenoxy) is 2. The molecule has 2 rings (SSSR count). The first-order valence-electron chi connectivity index (χ1n) is 4.36. The van der Waals surface area contributed by atoms with E-state index in [1.54, 1.807) is 0 Å². The third-order valence-corrected chi connectivity index (χ3v) is 3.31. The van der Waals surface area contributed by atoms with Crippen LogP contribution in [0.2, 0.25) is 0 Å². The molecule has 78 valence electrons. The average Bonchev–Trinajstić information content (AvgIpc) is 2.92. The molecule has 1 fully saturated rings. The van der Waals surface area contributed by atoms with E-state index in [-0.39, 0.29) is 5.84 Å².